The van der Waals surface area contributed by atoms with Crippen LogP contribution in [0.4, 0.5) is 18.9 Å². The third kappa shape index (κ3) is 2.38. The molecule has 20 heavy (non-hydrogen) atoms. The molecule has 0 spiro atoms. The molecule has 0 saturated heterocycles. The van der Waals surface area contributed by atoms with Crippen molar-refractivity contribution in [3.8, 4) is 0 Å². The second-order valence-corrected chi connectivity index (χ2v) is 4.98. The Bertz CT molecular complexity index is 619. The molecule has 1 nitrogen and oxygen atoms in total. The number of aryl methyl sites for hydroxylation is 1. The molecule has 0 amide bonds. The summed E-state index contributed by atoms with van der Waals surface area (Å²) in [5.41, 5.74) is 1.88. The van der Waals surface area contributed by atoms with Crippen molar-refractivity contribution in [3.05, 3.63) is 65.2 Å². The van der Waals surface area contributed by atoms with Crippen LogP contribution in [0.15, 0.2) is 48.5 Å². The van der Waals surface area contributed by atoms with Crippen LogP contribution in [0.3, 0.4) is 0 Å². The summed E-state index contributed by atoms with van der Waals surface area (Å²) in [7, 11) is 0. The van der Waals surface area contributed by atoms with Crippen molar-refractivity contribution in [3.63, 3.8) is 0 Å². The highest BCUT2D eigenvalue weighted by Crippen LogP contribution is 2.39. The first-order valence-corrected chi connectivity index (χ1v) is 6.56. The first-order valence-electron chi connectivity index (χ1n) is 6.56. The molecule has 0 aromatic heterocycles. The predicted octanol–water partition coefficient (Wildman–Crippen LogP) is 4.80. The van der Waals surface area contributed by atoms with Crippen LogP contribution in [-0.2, 0) is 12.6 Å². The lowest BCUT2D eigenvalue weighted by atomic mass is 9.91. The molecule has 1 aliphatic heterocycles. The van der Waals surface area contributed by atoms with Gasteiger partial charge in [0.1, 0.15) is 0 Å². The number of benzene rings is 2. The highest BCUT2D eigenvalue weighted by Gasteiger charge is 2.35. The lowest BCUT2D eigenvalue weighted by Gasteiger charge is -2.29. The van der Waals surface area contributed by atoms with Crippen LogP contribution in [0.2, 0.25) is 0 Å². The number of fused-ring (bicyclic) bond motifs is 1. The topological polar surface area (TPSA) is 12.0 Å². The molecular weight excluding hydrogens is 263 g/mol. The fourth-order valence-electron chi connectivity index (χ4n) is 2.73. The van der Waals surface area contributed by atoms with E-state index in [2.05, 4.69) is 5.32 Å². The molecule has 0 saturated carbocycles. The van der Waals surface area contributed by atoms with Crippen molar-refractivity contribution < 1.29 is 13.2 Å². The lowest BCUT2D eigenvalue weighted by molar-refractivity contribution is -0.138. The van der Waals surface area contributed by atoms with Gasteiger partial charge < -0.3 is 5.32 Å². The Kier molecular flexibility index (Phi) is 3.16. The van der Waals surface area contributed by atoms with Crippen molar-refractivity contribution in [1.29, 1.82) is 0 Å². The number of nitrogens with one attached hydrogen (secondary N) is 1. The minimum atomic E-state index is -4.31. The smallest absolute Gasteiger partial charge is 0.378 e. The summed E-state index contributed by atoms with van der Waals surface area (Å²) in [6.07, 6.45) is -2.85. The highest BCUT2D eigenvalue weighted by atomic mass is 19.4. The van der Waals surface area contributed by atoms with Gasteiger partial charge in [-0.1, -0.05) is 36.4 Å². The van der Waals surface area contributed by atoms with E-state index in [-0.39, 0.29) is 6.04 Å². The summed E-state index contributed by atoms with van der Waals surface area (Å²) in [4.78, 5) is 0. The fourth-order valence-corrected chi connectivity index (χ4v) is 2.73. The van der Waals surface area contributed by atoms with E-state index < -0.39 is 11.7 Å². The summed E-state index contributed by atoms with van der Waals surface area (Å²) in [6.45, 7) is 0. The number of hydrogen-bond acceptors (Lipinski definition) is 1. The van der Waals surface area contributed by atoms with Gasteiger partial charge in [-0.05, 0) is 36.1 Å². The molecule has 104 valence electrons. The third-order valence-corrected chi connectivity index (χ3v) is 3.69. The van der Waals surface area contributed by atoms with Crippen molar-refractivity contribution in [2.75, 3.05) is 5.32 Å². The van der Waals surface area contributed by atoms with Gasteiger partial charge in [-0.15, -0.1) is 0 Å². The molecule has 1 N–H and O–H groups in total. The normalized spacial score (nSPS) is 18.2. The summed E-state index contributed by atoms with van der Waals surface area (Å²) >= 11 is 0. The quantitative estimate of drug-likeness (QED) is 0.789. The second-order valence-electron chi connectivity index (χ2n) is 4.98. The molecule has 0 fully saturated rings. The van der Waals surface area contributed by atoms with Crippen LogP contribution < -0.4 is 5.32 Å². The van der Waals surface area contributed by atoms with Crippen LogP contribution in [-0.4, -0.2) is 0 Å². The van der Waals surface area contributed by atoms with Crippen molar-refractivity contribution in [1.82, 2.24) is 0 Å². The molecule has 1 atom stereocenters. The zero-order valence-electron chi connectivity index (χ0n) is 10.7. The molecular formula is C16H14F3N. The molecule has 3 rings (SSSR count). The van der Waals surface area contributed by atoms with Crippen LogP contribution in [0.1, 0.15) is 29.2 Å². The van der Waals surface area contributed by atoms with Crippen LogP contribution in [0, 0.1) is 0 Å². The maximum absolute atomic E-state index is 13.1. The van der Waals surface area contributed by atoms with Crippen molar-refractivity contribution >= 4 is 5.69 Å². The van der Waals surface area contributed by atoms with E-state index in [4.69, 9.17) is 0 Å². The first-order chi connectivity index (χ1) is 9.55. The maximum atomic E-state index is 13.1. The Balaban J connectivity index is 1.96. The van der Waals surface area contributed by atoms with Gasteiger partial charge in [0.15, 0.2) is 0 Å². The second kappa shape index (κ2) is 4.85. The van der Waals surface area contributed by atoms with E-state index in [0.717, 1.165) is 23.7 Å². The van der Waals surface area contributed by atoms with Gasteiger partial charge in [-0.2, -0.15) is 13.2 Å². The largest absolute Gasteiger partial charge is 0.416 e. The Labute approximate surface area is 115 Å². The number of rotatable bonds is 1. The first kappa shape index (κ1) is 13.0. The zero-order chi connectivity index (χ0) is 14.2. The van der Waals surface area contributed by atoms with E-state index in [1.165, 1.54) is 6.07 Å². The predicted molar refractivity (Wildman–Crippen MR) is 72.6 cm³/mol. The van der Waals surface area contributed by atoms with E-state index in [0.29, 0.717) is 12.0 Å². The SMILES string of the molecule is FC(F)(F)c1ccccc1C1CCc2ccccc2N1. The van der Waals surface area contributed by atoms with Crippen molar-refractivity contribution in [2.24, 2.45) is 0 Å². The molecule has 2 aromatic rings. The molecule has 0 bridgehead atoms. The number of halogens is 3. The molecule has 0 aliphatic carbocycles. The average molecular weight is 277 g/mol. The number of alkyl halides is 3. The monoisotopic (exact) mass is 277 g/mol. The maximum Gasteiger partial charge on any atom is 0.416 e. The summed E-state index contributed by atoms with van der Waals surface area (Å²) < 4.78 is 39.2. The Morgan fingerprint density at radius 3 is 2.45 bits per heavy atom. The van der Waals surface area contributed by atoms with Gasteiger partial charge >= 0.3 is 6.18 Å². The molecule has 1 aliphatic rings. The average Bonchev–Trinajstić information content (AvgIpc) is 2.46. The van der Waals surface area contributed by atoms with Crippen LogP contribution in [0.25, 0.3) is 0 Å². The summed E-state index contributed by atoms with van der Waals surface area (Å²) in [6, 6.07) is 13.3. The van der Waals surface area contributed by atoms with Gasteiger partial charge in [0.05, 0.1) is 11.6 Å². The Hall–Kier alpha value is -1.97. The standard InChI is InChI=1S/C16H14F3N/c17-16(18,19)13-7-3-2-6-12(13)15-10-9-11-5-1-4-8-14(11)20-15/h1-8,15,20H,9-10H2. The molecule has 2 aromatic carbocycles. The minimum absolute atomic E-state index is 0.289. The number of hydrogen-bond donors (Lipinski definition) is 1. The molecule has 1 unspecified atom stereocenters. The minimum Gasteiger partial charge on any atom is -0.378 e. The molecule has 0 radical (unpaired) electrons. The van der Waals surface area contributed by atoms with Gasteiger partial charge in [-0.3, -0.25) is 0 Å². The number of anilines is 1. The summed E-state index contributed by atoms with van der Waals surface area (Å²) in [5.74, 6) is 0. The Morgan fingerprint density at radius 1 is 0.950 bits per heavy atom. The zero-order valence-corrected chi connectivity index (χ0v) is 10.7. The van der Waals surface area contributed by atoms with E-state index in [1.807, 2.05) is 24.3 Å². The van der Waals surface area contributed by atoms with E-state index in [9.17, 15) is 13.2 Å². The molecule has 1 heterocycles. The fraction of sp³-hybridized carbons (Fsp3) is 0.250. The highest BCUT2D eigenvalue weighted by molar-refractivity contribution is 5.55. The summed E-state index contributed by atoms with van der Waals surface area (Å²) in [5, 5.41) is 3.23. The third-order valence-electron chi connectivity index (χ3n) is 3.69. The van der Waals surface area contributed by atoms with Gasteiger partial charge in [-0.25, -0.2) is 0 Å². The van der Waals surface area contributed by atoms with Crippen LogP contribution in [0.5, 0.6) is 0 Å². The number of para-hydroxylation sites is 1. The lowest BCUT2D eigenvalue weighted by Crippen LogP contribution is -2.21. The Morgan fingerprint density at radius 2 is 1.65 bits per heavy atom. The van der Waals surface area contributed by atoms with Gasteiger partial charge in [0, 0.05) is 5.69 Å². The van der Waals surface area contributed by atoms with Gasteiger partial charge in [0.25, 0.3) is 0 Å². The molecule has 4 heteroatoms. The van der Waals surface area contributed by atoms with E-state index in [1.54, 1.807) is 12.1 Å². The van der Waals surface area contributed by atoms with Crippen molar-refractivity contribution in [2.45, 2.75) is 25.1 Å². The van der Waals surface area contributed by atoms with Gasteiger partial charge in [0.2, 0.25) is 0 Å². The van der Waals surface area contributed by atoms with E-state index >= 15 is 0 Å². The van der Waals surface area contributed by atoms with Crippen LogP contribution >= 0.6 is 0 Å².